The van der Waals surface area contributed by atoms with Crippen LogP contribution in [0.5, 0.6) is 0 Å². The van der Waals surface area contributed by atoms with Crippen LogP contribution in [0, 0.1) is 17.3 Å². The molecule has 4 N–H and O–H groups in total. The van der Waals surface area contributed by atoms with Crippen molar-refractivity contribution >= 4 is 39.6 Å². The number of nitrogens with zero attached hydrogens (tertiary/aromatic N) is 2. The minimum atomic E-state index is -4.67. The molecule has 3 aliphatic rings. The lowest BCUT2D eigenvalue weighted by Gasteiger charge is -2.37. The average molecular weight is 747 g/mol. The maximum atomic E-state index is 14.4. The number of carbonyl (C=O) groups is 5. The number of halogens is 3. The van der Waals surface area contributed by atoms with Crippen LogP contribution in [0.15, 0.2) is 25.3 Å². The smallest absolute Gasteiger partial charge is 0.346 e. The van der Waals surface area contributed by atoms with Crippen molar-refractivity contribution in [3.8, 4) is 0 Å². The Morgan fingerprint density at radius 2 is 1.59 bits per heavy atom. The molecule has 0 aromatic carbocycles. The molecule has 0 aromatic rings. The molecule has 1 aliphatic carbocycles. The second-order valence-electron chi connectivity index (χ2n) is 14.7. The van der Waals surface area contributed by atoms with Gasteiger partial charge in [0.25, 0.3) is 5.91 Å². The number of hydrogen-bond acceptors (Lipinski definition) is 7. The van der Waals surface area contributed by atoms with E-state index in [1.54, 1.807) is 0 Å². The Kier molecular flexibility index (Phi) is 14.7. The Bertz CT molecular complexity index is 1410. The van der Waals surface area contributed by atoms with E-state index in [9.17, 15) is 45.6 Å². The number of ketones is 1. The maximum absolute atomic E-state index is 14.4. The van der Waals surface area contributed by atoms with Gasteiger partial charge < -0.3 is 26.2 Å². The van der Waals surface area contributed by atoms with Gasteiger partial charge in [-0.2, -0.15) is 17.5 Å². The summed E-state index contributed by atoms with van der Waals surface area (Å²) in [6.07, 6.45) is 0.303. The number of Topliss-reactive ketones (excluding diaryl/α,β-unsaturated/α-hetero) is 1. The minimum Gasteiger partial charge on any atom is -0.346 e. The van der Waals surface area contributed by atoms with E-state index >= 15 is 0 Å². The molecule has 288 valence electrons. The molecule has 0 bridgehead atoms. The molecule has 1 unspecified atom stereocenters. The van der Waals surface area contributed by atoms with Crippen molar-refractivity contribution in [1.29, 1.82) is 0 Å². The fourth-order valence-corrected chi connectivity index (χ4v) is 8.43. The zero-order valence-corrected chi connectivity index (χ0v) is 30.5. The molecule has 2 heterocycles. The minimum absolute atomic E-state index is 0.0321. The molecule has 13 nitrogen and oxygen atoms in total. The topological polar surface area (TPSA) is 174 Å². The molecule has 5 amide bonds. The third-order valence-electron chi connectivity index (χ3n) is 9.89. The predicted octanol–water partition coefficient (Wildman–Crippen LogP) is 2.79. The Hall–Kier alpha value is -3.47. The highest BCUT2D eigenvalue weighted by Crippen LogP contribution is 2.32. The molecule has 17 heteroatoms. The summed E-state index contributed by atoms with van der Waals surface area (Å²) in [6.45, 7) is 13.1. The van der Waals surface area contributed by atoms with Crippen molar-refractivity contribution in [1.82, 2.24) is 30.5 Å². The fraction of sp³-hybridized carbons (Fsp3) is 0.735. The summed E-state index contributed by atoms with van der Waals surface area (Å²) in [7, 11) is -3.45. The van der Waals surface area contributed by atoms with Crippen LogP contribution in [-0.2, 0) is 29.2 Å². The van der Waals surface area contributed by atoms with Crippen LogP contribution in [0.2, 0.25) is 0 Å². The largest absolute Gasteiger partial charge is 0.389 e. The number of nitrogens with one attached hydrogen (secondary N) is 4. The summed E-state index contributed by atoms with van der Waals surface area (Å²) >= 11 is 0. The quantitative estimate of drug-likeness (QED) is 0.147. The summed E-state index contributed by atoms with van der Waals surface area (Å²) < 4.78 is 66.0. The highest BCUT2D eigenvalue weighted by molar-refractivity contribution is 7.89. The molecular formula is C34H53F3N6O7S. The van der Waals surface area contributed by atoms with E-state index in [2.05, 4.69) is 34.4 Å². The van der Waals surface area contributed by atoms with E-state index in [1.807, 2.05) is 20.8 Å². The van der Waals surface area contributed by atoms with Gasteiger partial charge in [-0.25, -0.2) is 13.2 Å². The van der Waals surface area contributed by atoms with Crippen LogP contribution in [0.1, 0.15) is 78.6 Å². The van der Waals surface area contributed by atoms with Crippen LogP contribution in [-0.4, -0.2) is 109 Å². The molecule has 1 saturated carbocycles. The number of alkyl halides is 3. The molecule has 0 spiro atoms. The monoisotopic (exact) mass is 746 g/mol. The van der Waals surface area contributed by atoms with Gasteiger partial charge in [0.1, 0.15) is 12.1 Å². The van der Waals surface area contributed by atoms with Gasteiger partial charge in [0.15, 0.2) is 0 Å². The van der Waals surface area contributed by atoms with Gasteiger partial charge in [0, 0.05) is 44.6 Å². The second kappa shape index (κ2) is 17.8. The van der Waals surface area contributed by atoms with Crippen molar-refractivity contribution in [2.24, 2.45) is 17.3 Å². The summed E-state index contributed by atoms with van der Waals surface area (Å²) in [5.41, 5.74) is -0.558. The van der Waals surface area contributed by atoms with Crippen LogP contribution < -0.4 is 21.3 Å². The molecule has 2 saturated heterocycles. The number of carbonyl (C=O) groups excluding carboxylic acids is 5. The van der Waals surface area contributed by atoms with Crippen molar-refractivity contribution in [2.75, 3.05) is 31.9 Å². The van der Waals surface area contributed by atoms with Gasteiger partial charge in [-0.15, -0.1) is 13.2 Å². The summed E-state index contributed by atoms with van der Waals surface area (Å²) in [5, 5.41) is 10.2. The molecule has 5 atom stereocenters. The van der Waals surface area contributed by atoms with Gasteiger partial charge >= 0.3 is 12.2 Å². The van der Waals surface area contributed by atoms with Crippen molar-refractivity contribution < 1.29 is 45.6 Å². The lowest BCUT2D eigenvalue weighted by atomic mass is 9.83. The first kappa shape index (κ1) is 41.9. The maximum Gasteiger partial charge on any atom is 0.389 e. The summed E-state index contributed by atoms with van der Waals surface area (Å²) in [6, 6.07) is -5.46. The van der Waals surface area contributed by atoms with Gasteiger partial charge in [-0.05, 0) is 43.4 Å². The first-order valence-electron chi connectivity index (χ1n) is 17.6. The first-order chi connectivity index (χ1) is 23.8. The first-order valence-corrected chi connectivity index (χ1v) is 19.2. The van der Waals surface area contributed by atoms with E-state index in [-0.39, 0.29) is 37.7 Å². The molecule has 0 radical (unpaired) electrons. The molecule has 3 fully saturated rings. The molecule has 2 aliphatic heterocycles. The third kappa shape index (κ3) is 11.8. The highest BCUT2D eigenvalue weighted by atomic mass is 32.2. The third-order valence-corrected chi connectivity index (χ3v) is 11.8. The average Bonchev–Trinajstić information content (AvgIpc) is 3.65. The lowest BCUT2D eigenvalue weighted by molar-refractivity contribution is -0.147. The number of hydrogen-bond donors (Lipinski definition) is 4. The fourth-order valence-electron chi connectivity index (χ4n) is 6.89. The number of sulfonamides is 1. The summed E-state index contributed by atoms with van der Waals surface area (Å²) in [4.78, 5) is 68.4. The van der Waals surface area contributed by atoms with E-state index in [1.165, 1.54) is 21.4 Å². The van der Waals surface area contributed by atoms with Crippen LogP contribution >= 0.6 is 0 Å². The van der Waals surface area contributed by atoms with E-state index < -0.39 is 94.1 Å². The molecule has 51 heavy (non-hydrogen) atoms. The Morgan fingerprint density at radius 3 is 2.14 bits per heavy atom. The van der Waals surface area contributed by atoms with Crippen molar-refractivity contribution in [3.63, 3.8) is 0 Å². The van der Waals surface area contributed by atoms with Gasteiger partial charge in [0.05, 0.1) is 11.8 Å². The van der Waals surface area contributed by atoms with Gasteiger partial charge in [0.2, 0.25) is 27.6 Å². The van der Waals surface area contributed by atoms with Gasteiger partial charge in [-0.3, -0.25) is 19.2 Å². The van der Waals surface area contributed by atoms with Crippen LogP contribution in [0.3, 0.4) is 0 Å². The highest BCUT2D eigenvalue weighted by Gasteiger charge is 2.46. The molecule has 3 rings (SSSR count). The Labute approximate surface area is 298 Å². The summed E-state index contributed by atoms with van der Waals surface area (Å²) in [5.74, 6) is -4.84. The lowest BCUT2D eigenvalue weighted by Crippen LogP contribution is -2.61. The normalized spacial score (nSPS) is 23.1. The van der Waals surface area contributed by atoms with E-state index in [4.69, 9.17) is 0 Å². The number of likely N-dealkylation sites (tertiary alicyclic amines) is 1. The predicted molar refractivity (Wildman–Crippen MR) is 184 cm³/mol. The van der Waals surface area contributed by atoms with Crippen molar-refractivity contribution in [2.45, 2.75) is 109 Å². The second-order valence-corrected chi connectivity index (χ2v) is 16.8. The zero-order chi connectivity index (χ0) is 38.1. The van der Waals surface area contributed by atoms with Gasteiger partial charge in [-0.1, -0.05) is 52.2 Å². The number of urea groups is 1. The number of amides is 5. The van der Waals surface area contributed by atoms with E-state index in [0.717, 1.165) is 19.3 Å². The number of rotatable bonds is 15. The van der Waals surface area contributed by atoms with Crippen LogP contribution in [0.25, 0.3) is 0 Å². The SMILES string of the molecule is C=CCNC(=O)C(=O)C(CCC(F)(F)F)NC(=O)[C@@H]1[C@@H](C=C)CCN1C(=O)[C@@H](NC(=O)N[C@H](CN1CCCS1(=O)=O)C(C)(C)C)C1CCCCC1. The van der Waals surface area contributed by atoms with E-state index in [0.29, 0.717) is 25.8 Å². The van der Waals surface area contributed by atoms with Crippen LogP contribution in [0.4, 0.5) is 18.0 Å². The Morgan fingerprint density at radius 1 is 0.922 bits per heavy atom. The molecular weight excluding hydrogens is 693 g/mol. The standard InChI is InChI=1S/C34H53F3N6O7S/c1-6-17-38-30(46)28(44)24(14-16-34(35,36)37)39-29(45)27-22(7-2)15-19-43(27)31(47)26(23-12-9-8-10-13-23)41-32(48)40-25(33(3,4)5)21-42-18-11-20-51(42,49)50/h6-7,22-27H,1-2,8-21H2,3-5H3,(H,38,46)(H,39,45)(H2,40,41,48)/t22-,24?,25+,26-,27-/m0/s1. The zero-order valence-electron chi connectivity index (χ0n) is 29.7. The molecule has 0 aromatic heterocycles. The Balaban J connectivity index is 1.86. The van der Waals surface area contributed by atoms with Crippen molar-refractivity contribution in [3.05, 3.63) is 25.3 Å².